The Morgan fingerprint density at radius 1 is 0.885 bits per heavy atom. The van der Waals surface area contributed by atoms with Crippen molar-refractivity contribution in [3.8, 4) is 21.9 Å². The zero-order chi connectivity index (χ0) is 18.4. The summed E-state index contributed by atoms with van der Waals surface area (Å²) < 4.78 is 11.3. The van der Waals surface area contributed by atoms with Crippen molar-refractivity contribution in [2.45, 2.75) is 13.8 Å². The van der Waals surface area contributed by atoms with Gasteiger partial charge in [0.25, 0.3) is 5.91 Å². The van der Waals surface area contributed by atoms with Crippen molar-refractivity contribution >= 4 is 22.9 Å². The molecule has 0 bridgehead atoms. The fraction of sp³-hybridized carbons (Fsp3) is 0.190. The zero-order valence-electron chi connectivity index (χ0n) is 14.8. The molecule has 0 saturated heterocycles. The van der Waals surface area contributed by atoms with E-state index in [1.165, 1.54) is 11.3 Å². The number of carbonyl (C=O) groups excluding carboxylic acids is 1. The highest BCUT2D eigenvalue weighted by molar-refractivity contribution is 7.17. The Morgan fingerprint density at radius 2 is 1.54 bits per heavy atom. The van der Waals surface area contributed by atoms with Gasteiger partial charge in [0.1, 0.15) is 17.2 Å². The normalized spacial score (nSPS) is 10.4. The predicted octanol–water partition coefficient (Wildman–Crippen LogP) is 5.46. The molecule has 1 amide bonds. The van der Waals surface area contributed by atoms with Gasteiger partial charge in [0.2, 0.25) is 0 Å². The molecule has 1 heterocycles. The summed E-state index contributed by atoms with van der Waals surface area (Å²) in [5.74, 6) is 1.03. The maximum atomic E-state index is 12.8. The number of hydrogen-bond donors (Lipinski definition) is 1. The van der Waals surface area contributed by atoms with Crippen LogP contribution in [0.5, 0.6) is 11.5 Å². The average Bonchev–Trinajstić information content (AvgIpc) is 3.16. The van der Waals surface area contributed by atoms with E-state index in [4.69, 9.17) is 9.47 Å². The molecule has 0 atom stereocenters. The van der Waals surface area contributed by atoms with Crippen molar-refractivity contribution in [1.29, 1.82) is 0 Å². The number of hydrogen-bond acceptors (Lipinski definition) is 4. The number of para-hydroxylation sites is 1. The Labute approximate surface area is 157 Å². The monoisotopic (exact) mass is 367 g/mol. The highest BCUT2D eigenvalue weighted by Gasteiger charge is 2.17. The SMILES string of the molecule is CCOc1cccc(OCC)c1NC(=O)c1ccc(-c2ccccc2)s1. The van der Waals surface area contributed by atoms with E-state index in [9.17, 15) is 4.79 Å². The predicted molar refractivity (Wildman–Crippen MR) is 106 cm³/mol. The molecule has 5 heteroatoms. The molecule has 0 aliphatic heterocycles. The standard InChI is InChI=1S/C21H21NO3S/c1-3-24-16-11-8-12-17(25-4-2)20(16)22-21(23)19-14-13-18(26-19)15-9-6-5-7-10-15/h5-14H,3-4H2,1-2H3,(H,22,23). The van der Waals surface area contributed by atoms with E-state index in [1.54, 1.807) is 0 Å². The molecule has 0 radical (unpaired) electrons. The number of amides is 1. The molecule has 0 aliphatic rings. The van der Waals surface area contributed by atoms with Crippen LogP contribution in [0.3, 0.4) is 0 Å². The summed E-state index contributed by atoms with van der Waals surface area (Å²) >= 11 is 1.46. The van der Waals surface area contributed by atoms with Crippen LogP contribution >= 0.6 is 11.3 Å². The molecule has 134 valence electrons. The average molecular weight is 367 g/mol. The van der Waals surface area contributed by atoms with Gasteiger partial charge in [-0.15, -0.1) is 11.3 Å². The number of thiophene rings is 1. The first-order valence-corrected chi connectivity index (χ1v) is 9.39. The van der Waals surface area contributed by atoms with E-state index in [1.807, 2.05) is 74.5 Å². The highest BCUT2D eigenvalue weighted by Crippen LogP contribution is 2.36. The fourth-order valence-electron chi connectivity index (χ4n) is 2.58. The summed E-state index contributed by atoms with van der Waals surface area (Å²) in [6.45, 7) is 4.83. The van der Waals surface area contributed by atoms with Crippen molar-refractivity contribution in [3.63, 3.8) is 0 Å². The molecule has 4 nitrogen and oxygen atoms in total. The van der Waals surface area contributed by atoms with Crippen LogP contribution in [0, 0.1) is 0 Å². The maximum Gasteiger partial charge on any atom is 0.265 e. The molecule has 0 aliphatic carbocycles. The number of anilines is 1. The first kappa shape index (κ1) is 18.0. The zero-order valence-corrected chi connectivity index (χ0v) is 15.6. The van der Waals surface area contributed by atoms with E-state index in [0.717, 1.165) is 10.4 Å². The summed E-state index contributed by atoms with van der Waals surface area (Å²) in [5, 5.41) is 2.95. The van der Waals surface area contributed by atoms with Gasteiger partial charge >= 0.3 is 0 Å². The van der Waals surface area contributed by atoms with Crippen molar-refractivity contribution in [2.24, 2.45) is 0 Å². The quantitative estimate of drug-likeness (QED) is 0.603. The van der Waals surface area contributed by atoms with Crippen LogP contribution in [-0.4, -0.2) is 19.1 Å². The molecule has 0 spiro atoms. The first-order valence-electron chi connectivity index (χ1n) is 8.58. The number of rotatable bonds is 7. The molecule has 1 N–H and O–H groups in total. The van der Waals surface area contributed by atoms with Gasteiger partial charge in [-0.2, -0.15) is 0 Å². The van der Waals surface area contributed by atoms with Gasteiger partial charge in [0.05, 0.1) is 18.1 Å². The van der Waals surface area contributed by atoms with Crippen LogP contribution in [0.15, 0.2) is 60.7 Å². The third-order valence-corrected chi connectivity index (χ3v) is 4.85. The minimum Gasteiger partial charge on any atom is -0.492 e. The van der Waals surface area contributed by atoms with Crippen LogP contribution in [0.1, 0.15) is 23.5 Å². The third-order valence-electron chi connectivity index (χ3n) is 3.71. The molecular weight excluding hydrogens is 346 g/mol. The largest absolute Gasteiger partial charge is 0.492 e. The van der Waals surface area contributed by atoms with E-state index in [2.05, 4.69) is 5.32 Å². The molecule has 0 fully saturated rings. The Hall–Kier alpha value is -2.79. The van der Waals surface area contributed by atoms with Crippen LogP contribution in [0.4, 0.5) is 5.69 Å². The van der Waals surface area contributed by atoms with E-state index in [-0.39, 0.29) is 5.91 Å². The van der Waals surface area contributed by atoms with Crippen molar-refractivity contribution in [3.05, 3.63) is 65.5 Å². The minimum absolute atomic E-state index is 0.176. The van der Waals surface area contributed by atoms with Crippen molar-refractivity contribution < 1.29 is 14.3 Å². The molecule has 0 saturated carbocycles. The fourth-order valence-corrected chi connectivity index (χ4v) is 3.49. The lowest BCUT2D eigenvalue weighted by Crippen LogP contribution is -2.13. The summed E-state index contributed by atoms with van der Waals surface area (Å²) in [7, 11) is 0. The van der Waals surface area contributed by atoms with Gasteiger partial charge in [-0.05, 0) is 43.7 Å². The highest BCUT2D eigenvalue weighted by atomic mass is 32.1. The second-order valence-electron chi connectivity index (χ2n) is 5.48. The van der Waals surface area contributed by atoms with Crippen molar-refractivity contribution in [1.82, 2.24) is 0 Å². The number of ether oxygens (including phenoxy) is 2. The Bertz CT molecular complexity index is 850. The van der Waals surface area contributed by atoms with Gasteiger partial charge in [0, 0.05) is 4.88 Å². The van der Waals surface area contributed by atoms with Crippen LogP contribution < -0.4 is 14.8 Å². The minimum atomic E-state index is -0.176. The summed E-state index contributed by atoms with van der Waals surface area (Å²) in [6.07, 6.45) is 0. The number of benzene rings is 2. The van der Waals surface area contributed by atoms with E-state index >= 15 is 0 Å². The van der Waals surface area contributed by atoms with E-state index in [0.29, 0.717) is 35.3 Å². The second kappa shape index (κ2) is 8.54. The van der Waals surface area contributed by atoms with Gasteiger partial charge in [-0.1, -0.05) is 36.4 Å². The van der Waals surface area contributed by atoms with Gasteiger partial charge in [0.15, 0.2) is 0 Å². The maximum absolute atomic E-state index is 12.8. The van der Waals surface area contributed by atoms with Gasteiger partial charge < -0.3 is 14.8 Å². The topological polar surface area (TPSA) is 47.6 Å². The second-order valence-corrected chi connectivity index (χ2v) is 6.56. The summed E-state index contributed by atoms with van der Waals surface area (Å²) in [5.41, 5.74) is 1.66. The van der Waals surface area contributed by atoms with Crippen LogP contribution in [0.2, 0.25) is 0 Å². The molecule has 0 unspecified atom stereocenters. The van der Waals surface area contributed by atoms with E-state index < -0.39 is 0 Å². The number of carbonyl (C=O) groups is 1. The Balaban J connectivity index is 1.85. The molecule has 1 aromatic heterocycles. The first-order chi connectivity index (χ1) is 12.7. The lowest BCUT2D eigenvalue weighted by molar-refractivity contribution is 0.102. The van der Waals surface area contributed by atoms with Crippen LogP contribution in [0.25, 0.3) is 10.4 Å². The lowest BCUT2D eigenvalue weighted by Gasteiger charge is -2.15. The number of nitrogens with one attached hydrogen (secondary N) is 1. The summed E-state index contributed by atoms with van der Waals surface area (Å²) in [4.78, 5) is 14.5. The Morgan fingerprint density at radius 3 is 2.15 bits per heavy atom. The molecule has 2 aromatic carbocycles. The lowest BCUT2D eigenvalue weighted by atomic mass is 10.2. The van der Waals surface area contributed by atoms with Crippen molar-refractivity contribution in [2.75, 3.05) is 18.5 Å². The smallest absolute Gasteiger partial charge is 0.265 e. The van der Waals surface area contributed by atoms with Crippen LogP contribution in [-0.2, 0) is 0 Å². The Kier molecular flexibility index (Phi) is 5.92. The molecule has 3 aromatic rings. The summed E-state index contributed by atoms with van der Waals surface area (Å²) in [6, 6.07) is 19.3. The molecule has 26 heavy (non-hydrogen) atoms. The van der Waals surface area contributed by atoms with Gasteiger partial charge in [-0.25, -0.2) is 0 Å². The van der Waals surface area contributed by atoms with Gasteiger partial charge in [-0.3, -0.25) is 4.79 Å². The molecular formula is C21H21NO3S. The third kappa shape index (κ3) is 4.06. The molecule has 3 rings (SSSR count).